The van der Waals surface area contributed by atoms with Crippen LogP contribution in [0.25, 0.3) is 0 Å². The Labute approximate surface area is 112 Å². The molecule has 0 saturated carbocycles. The molecule has 0 radical (unpaired) electrons. The molecule has 0 saturated heterocycles. The summed E-state index contributed by atoms with van der Waals surface area (Å²) in [7, 11) is 2.67. The SMILES string of the molecule is BC(O)(O)N(C)[C@H](C)C(=O)c1ccc2c(c1)OCO2. The van der Waals surface area contributed by atoms with Gasteiger partial charge in [0.1, 0.15) is 0 Å². The number of rotatable bonds is 4. The first kappa shape index (κ1) is 13.9. The fourth-order valence-electron chi connectivity index (χ4n) is 1.83. The van der Waals surface area contributed by atoms with E-state index in [2.05, 4.69) is 0 Å². The number of hydrogen-bond donors (Lipinski definition) is 2. The molecule has 102 valence electrons. The minimum atomic E-state index is -2.05. The third-order valence-electron chi connectivity index (χ3n) is 3.29. The van der Waals surface area contributed by atoms with Crippen LogP contribution in [0.3, 0.4) is 0 Å². The zero-order valence-electron chi connectivity index (χ0n) is 11.1. The number of likely N-dealkylation sites (N-methyl/N-ethyl adjacent to an activating group) is 1. The Balaban J connectivity index is 2.20. The van der Waals surface area contributed by atoms with E-state index in [9.17, 15) is 15.0 Å². The van der Waals surface area contributed by atoms with Crippen LogP contribution in [0.2, 0.25) is 0 Å². The van der Waals surface area contributed by atoms with Gasteiger partial charge in [-0.1, -0.05) is 0 Å². The molecule has 2 rings (SSSR count). The molecule has 1 heterocycles. The number of Topliss-reactive ketones (excluding diaryl/α,β-unsaturated/α-hetero) is 1. The Morgan fingerprint density at radius 3 is 2.68 bits per heavy atom. The maximum atomic E-state index is 12.3. The van der Waals surface area contributed by atoms with E-state index in [-0.39, 0.29) is 12.6 Å². The van der Waals surface area contributed by atoms with Crippen LogP contribution in [0.1, 0.15) is 17.3 Å². The minimum absolute atomic E-state index is 0.147. The van der Waals surface area contributed by atoms with Crippen molar-refractivity contribution in [2.45, 2.75) is 18.8 Å². The number of fused-ring (bicyclic) bond motifs is 1. The first-order valence-corrected chi connectivity index (χ1v) is 5.92. The smallest absolute Gasteiger partial charge is 0.231 e. The number of carbonyl (C=O) groups is 1. The maximum absolute atomic E-state index is 12.3. The molecule has 0 fully saturated rings. The van der Waals surface area contributed by atoms with E-state index < -0.39 is 11.9 Å². The van der Waals surface area contributed by atoms with Gasteiger partial charge in [-0.2, -0.15) is 0 Å². The highest BCUT2D eigenvalue weighted by atomic mass is 16.7. The number of benzene rings is 1. The van der Waals surface area contributed by atoms with E-state index in [1.807, 2.05) is 0 Å². The van der Waals surface area contributed by atoms with E-state index >= 15 is 0 Å². The van der Waals surface area contributed by atoms with Crippen molar-refractivity contribution in [1.29, 1.82) is 0 Å². The van der Waals surface area contributed by atoms with E-state index in [1.165, 1.54) is 19.8 Å². The Morgan fingerprint density at radius 1 is 1.42 bits per heavy atom. The summed E-state index contributed by atoms with van der Waals surface area (Å²) in [6.45, 7) is 1.76. The molecule has 1 aliphatic rings. The molecule has 19 heavy (non-hydrogen) atoms. The third kappa shape index (κ3) is 2.73. The second-order valence-electron chi connectivity index (χ2n) is 4.69. The van der Waals surface area contributed by atoms with E-state index in [4.69, 9.17) is 9.47 Å². The predicted molar refractivity (Wildman–Crippen MR) is 69.8 cm³/mol. The lowest BCUT2D eigenvalue weighted by molar-refractivity contribution is -0.194. The zero-order valence-corrected chi connectivity index (χ0v) is 11.1. The average molecular weight is 265 g/mol. The van der Waals surface area contributed by atoms with Gasteiger partial charge in [0, 0.05) is 5.56 Å². The van der Waals surface area contributed by atoms with Crippen LogP contribution >= 0.6 is 0 Å². The molecule has 0 aliphatic carbocycles. The predicted octanol–water partition coefficient (Wildman–Crippen LogP) is -0.853. The normalized spacial score (nSPS) is 15.6. The number of nitrogens with zero attached hydrogens (tertiary/aromatic N) is 1. The molecule has 7 heteroatoms. The minimum Gasteiger partial charge on any atom is -0.454 e. The molecule has 0 spiro atoms. The molecule has 0 unspecified atom stereocenters. The largest absolute Gasteiger partial charge is 0.454 e. The monoisotopic (exact) mass is 265 g/mol. The van der Waals surface area contributed by atoms with Crippen molar-refractivity contribution in [1.82, 2.24) is 4.90 Å². The van der Waals surface area contributed by atoms with Gasteiger partial charge in [-0.25, -0.2) is 0 Å². The van der Waals surface area contributed by atoms with Crippen molar-refractivity contribution in [2.75, 3.05) is 13.8 Å². The van der Waals surface area contributed by atoms with Gasteiger partial charge >= 0.3 is 0 Å². The van der Waals surface area contributed by atoms with Gasteiger partial charge in [0.05, 0.1) is 6.04 Å². The molecule has 1 aromatic rings. The molecule has 1 aliphatic heterocycles. The average Bonchev–Trinajstić information content (AvgIpc) is 2.82. The lowest BCUT2D eigenvalue weighted by atomic mass is 9.97. The Kier molecular flexibility index (Phi) is 3.53. The molecule has 0 bridgehead atoms. The van der Waals surface area contributed by atoms with Crippen LogP contribution in [-0.2, 0) is 0 Å². The van der Waals surface area contributed by atoms with Gasteiger partial charge in [-0.15, -0.1) is 0 Å². The van der Waals surface area contributed by atoms with Gasteiger partial charge < -0.3 is 19.7 Å². The summed E-state index contributed by atoms with van der Waals surface area (Å²) in [5.74, 6) is -1.15. The number of carbonyl (C=O) groups excluding carboxylic acids is 1. The molecule has 2 N–H and O–H groups in total. The van der Waals surface area contributed by atoms with E-state index in [0.717, 1.165) is 0 Å². The standard InChI is InChI=1S/C12H16BNO5/c1-7(14(2)12(13,16)17)11(15)8-3-4-9-10(5-8)19-6-18-9/h3-5,7,16-17H,6,13H2,1-2H3/t7-/m1/s1. The summed E-state index contributed by atoms with van der Waals surface area (Å²) in [4.78, 5) is 13.5. The lowest BCUT2D eigenvalue weighted by Crippen LogP contribution is -2.53. The second-order valence-corrected chi connectivity index (χ2v) is 4.69. The van der Waals surface area contributed by atoms with Crippen molar-refractivity contribution in [3.63, 3.8) is 0 Å². The molecular weight excluding hydrogens is 249 g/mol. The van der Waals surface area contributed by atoms with Crippen molar-refractivity contribution < 1.29 is 24.5 Å². The number of ether oxygens (including phenoxy) is 2. The summed E-state index contributed by atoms with van der Waals surface area (Å²) in [5.41, 5.74) is 0.438. The van der Waals surface area contributed by atoms with Crippen molar-refractivity contribution in [3.05, 3.63) is 23.8 Å². The first-order chi connectivity index (χ1) is 8.80. The van der Waals surface area contributed by atoms with Gasteiger partial charge in [0.25, 0.3) is 0 Å². The van der Waals surface area contributed by atoms with Crippen LogP contribution in [0, 0.1) is 0 Å². The van der Waals surface area contributed by atoms with Crippen molar-refractivity contribution >= 4 is 13.6 Å². The number of hydrogen-bond acceptors (Lipinski definition) is 6. The van der Waals surface area contributed by atoms with E-state index in [1.54, 1.807) is 25.1 Å². The van der Waals surface area contributed by atoms with Crippen LogP contribution in [0.5, 0.6) is 11.5 Å². The first-order valence-electron chi connectivity index (χ1n) is 5.92. The van der Waals surface area contributed by atoms with Crippen LogP contribution in [-0.4, -0.2) is 54.4 Å². The summed E-state index contributed by atoms with van der Waals surface area (Å²) in [6.07, 6.45) is 0. The molecule has 6 nitrogen and oxygen atoms in total. The Morgan fingerprint density at radius 2 is 2.05 bits per heavy atom. The van der Waals surface area contributed by atoms with Gasteiger partial charge in [-0.05, 0) is 32.2 Å². The fraction of sp³-hybridized carbons (Fsp3) is 0.417. The van der Waals surface area contributed by atoms with Crippen LogP contribution < -0.4 is 9.47 Å². The summed E-state index contributed by atoms with van der Waals surface area (Å²) >= 11 is 0. The second kappa shape index (κ2) is 4.84. The third-order valence-corrected chi connectivity index (χ3v) is 3.29. The van der Waals surface area contributed by atoms with Crippen LogP contribution in [0.4, 0.5) is 0 Å². The Bertz CT molecular complexity index is 499. The zero-order chi connectivity index (χ0) is 14.2. The quantitative estimate of drug-likeness (QED) is 0.419. The van der Waals surface area contributed by atoms with Crippen LogP contribution in [0.15, 0.2) is 18.2 Å². The molecule has 1 atom stereocenters. The molecule has 0 aromatic heterocycles. The highest BCUT2D eigenvalue weighted by Crippen LogP contribution is 2.33. The summed E-state index contributed by atoms with van der Waals surface area (Å²) < 4.78 is 10.4. The number of aliphatic hydroxyl groups is 2. The van der Waals surface area contributed by atoms with Crippen molar-refractivity contribution in [2.24, 2.45) is 0 Å². The fourth-order valence-corrected chi connectivity index (χ4v) is 1.83. The highest BCUT2D eigenvalue weighted by Gasteiger charge is 2.31. The highest BCUT2D eigenvalue weighted by molar-refractivity contribution is 6.13. The summed E-state index contributed by atoms with van der Waals surface area (Å²) in [5, 5.41) is 19.0. The molecular formula is C12H16BNO5. The summed E-state index contributed by atoms with van der Waals surface area (Å²) in [6, 6.07) is 4.22. The van der Waals surface area contributed by atoms with Gasteiger partial charge in [0.15, 0.2) is 30.9 Å². The van der Waals surface area contributed by atoms with Gasteiger partial charge in [0.2, 0.25) is 6.79 Å². The van der Waals surface area contributed by atoms with Gasteiger partial charge in [-0.3, -0.25) is 9.69 Å². The molecule has 1 aromatic carbocycles. The number of ketones is 1. The lowest BCUT2D eigenvalue weighted by Gasteiger charge is -2.33. The topological polar surface area (TPSA) is 79.2 Å². The molecule has 0 amide bonds. The Hall–Kier alpha value is -1.57. The van der Waals surface area contributed by atoms with Crippen molar-refractivity contribution in [3.8, 4) is 11.5 Å². The van der Waals surface area contributed by atoms with E-state index in [0.29, 0.717) is 17.1 Å². The maximum Gasteiger partial charge on any atom is 0.231 e.